The minimum absolute atomic E-state index is 0.275. The van der Waals surface area contributed by atoms with Crippen molar-refractivity contribution in [2.45, 2.75) is 24.5 Å². The molecule has 0 radical (unpaired) electrons. The Morgan fingerprint density at radius 3 is 2.63 bits per heavy atom. The van der Waals surface area contributed by atoms with Crippen LogP contribution >= 0.6 is 0 Å². The molecule has 1 saturated heterocycles. The standard InChI is InChI=1S/C25H24N8O5/c1-37-14-7-5-13(6-8-14)15-10-28-32-18(15)22-30-23(29-17-4-2-3-9-26-17)19-24(31-22)33(12-27-19)25-21(36)20(35)16(11-34)38-25/h2-10,12,16,20-21,25,34-36H,11H2,1H3,(H,28,32)(H,26,29,30,31)/t16-,20-,21-,25-/m1/s1. The molecule has 0 unspecified atom stereocenters. The lowest BCUT2D eigenvalue weighted by molar-refractivity contribution is -0.0511. The summed E-state index contributed by atoms with van der Waals surface area (Å²) in [5.74, 6) is 1.90. The first-order chi connectivity index (χ1) is 18.6. The highest BCUT2D eigenvalue weighted by molar-refractivity contribution is 5.88. The van der Waals surface area contributed by atoms with Crippen LogP contribution in [0.2, 0.25) is 0 Å². The Morgan fingerprint density at radius 1 is 1.08 bits per heavy atom. The Morgan fingerprint density at radius 2 is 1.92 bits per heavy atom. The first kappa shape index (κ1) is 23.9. The van der Waals surface area contributed by atoms with Gasteiger partial charge in [0.05, 0.1) is 20.0 Å². The molecule has 13 heteroatoms. The molecule has 5 aromatic rings. The van der Waals surface area contributed by atoms with Crippen molar-refractivity contribution in [3.8, 4) is 28.4 Å². The average Bonchev–Trinajstić information content (AvgIpc) is 3.67. The summed E-state index contributed by atoms with van der Waals surface area (Å²) in [6, 6.07) is 12.9. The van der Waals surface area contributed by atoms with Gasteiger partial charge in [0.25, 0.3) is 0 Å². The maximum atomic E-state index is 10.7. The van der Waals surface area contributed by atoms with Gasteiger partial charge in [-0.25, -0.2) is 19.9 Å². The van der Waals surface area contributed by atoms with Crippen LogP contribution in [-0.2, 0) is 4.74 Å². The molecule has 1 aliphatic heterocycles. The maximum absolute atomic E-state index is 10.7. The van der Waals surface area contributed by atoms with Crippen molar-refractivity contribution in [2.24, 2.45) is 0 Å². The van der Waals surface area contributed by atoms with Crippen LogP contribution in [0.25, 0.3) is 33.8 Å². The van der Waals surface area contributed by atoms with Crippen molar-refractivity contribution in [1.82, 2.24) is 34.7 Å². The fraction of sp³-hybridized carbons (Fsp3) is 0.240. The van der Waals surface area contributed by atoms with Crippen LogP contribution in [0.3, 0.4) is 0 Å². The van der Waals surface area contributed by atoms with Crippen molar-refractivity contribution >= 4 is 22.8 Å². The van der Waals surface area contributed by atoms with Crippen LogP contribution in [0.15, 0.2) is 61.2 Å². The molecule has 13 nitrogen and oxygen atoms in total. The number of aliphatic hydroxyl groups is 3. The molecular formula is C25H24N8O5. The van der Waals surface area contributed by atoms with E-state index in [2.05, 4.69) is 25.5 Å². The van der Waals surface area contributed by atoms with E-state index < -0.39 is 31.1 Å². The fourth-order valence-corrected chi connectivity index (χ4v) is 4.41. The number of aromatic amines is 1. The molecule has 0 bridgehead atoms. The molecule has 6 rings (SSSR count). The lowest BCUT2D eigenvalue weighted by Crippen LogP contribution is -2.33. The van der Waals surface area contributed by atoms with Gasteiger partial charge in [-0.05, 0) is 29.8 Å². The number of H-pyrrole nitrogens is 1. The van der Waals surface area contributed by atoms with E-state index in [0.717, 1.165) is 16.9 Å². The molecule has 0 aliphatic carbocycles. The van der Waals surface area contributed by atoms with E-state index in [-0.39, 0.29) is 5.82 Å². The van der Waals surface area contributed by atoms with Crippen LogP contribution in [0.5, 0.6) is 5.75 Å². The second kappa shape index (κ2) is 9.79. The van der Waals surface area contributed by atoms with Crippen molar-refractivity contribution in [2.75, 3.05) is 19.0 Å². The topological polar surface area (TPSA) is 176 Å². The zero-order chi connectivity index (χ0) is 26.2. The van der Waals surface area contributed by atoms with Gasteiger partial charge < -0.3 is 30.1 Å². The fourth-order valence-electron chi connectivity index (χ4n) is 4.41. The van der Waals surface area contributed by atoms with E-state index in [0.29, 0.717) is 28.5 Å². The lowest BCUT2D eigenvalue weighted by Gasteiger charge is -2.17. The van der Waals surface area contributed by atoms with Crippen molar-refractivity contribution in [3.05, 3.63) is 61.2 Å². The van der Waals surface area contributed by atoms with Gasteiger partial charge >= 0.3 is 0 Å². The van der Waals surface area contributed by atoms with E-state index in [9.17, 15) is 15.3 Å². The van der Waals surface area contributed by atoms with Crippen molar-refractivity contribution in [1.29, 1.82) is 0 Å². The van der Waals surface area contributed by atoms with Gasteiger partial charge in [0, 0.05) is 18.0 Å². The largest absolute Gasteiger partial charge is 0.497 e. The van der Waals surface area contributed by atoms with E-state index in [1.807, 2.05) is 30.3 Å². The molecule has 194 valence electrons. The number of nitrogens with one attached hydrogen (secondary N) is 2. The highest BCUT2D eigenvalue weighted by Gasteiger charge is 2.44. The number of nitrogens with zero attached hydrogens (tertiary/aromatic N) is 6. The summed E-state index contributed by atoms with van der Waals surface area (Å²) in [7, 11) is 1.60. The first-order valence-electron chi connectivity index (χ1n) is 11.8. The Kier molecular flexibility index (Phi) is 6.17. The normalized spacial score (nSPS) is 21.2. The Balaban J connectivity index is 1.49. The minimum atomic E-state index is -1.31. The highest BCUT2D eigenvalue weighted by atomic mass is 16.6. The summed E-state index contributed by atoms with van der Waals surface area (Å²) in [5, 5.41) is 41.0. The summed E-state index contributed by atoms with van der Waals surface area (Å²) in [5.41, 5.74) is 2.82. The van der Waals surface area contributed by atoms with Gasteiger partial charge in [0.15, 0.2) is 29.0 Å². The summed E-state index contributed by atoms with van der Waals surface area (Å²) < 4.78 is 12.5. The van der Waals surface area contributed by atoms with Crippen LogP contribution < -0.4 is 10.1 Å². The number of hydrogen-bond acceptors (Lipinski definition) is 11. The molecule has 0 spiro atoms. The number of aliphatic hydroxyl groups excluding tert-OH is 3. The smallest absolute Gasteiger partial charge is 0.184 e. The summed E-state index contributed by atoms with van der Waals surface area (Å²) in [6.07, 6.45) is 0.278. The molecule has 1 aliphatic rings. The molecule has 0 amide bonds. The zero-order valence-corrected chi connectivity index (χ0v) is 20.1. The SMILES string of the molecule is COc1ccc(-c2c[nH]nc2-c2nc(Nc3ccccn3)c3ncn([C@@H]4O[C@H](CO)[C@@H](O)[C@H]4O)c3n2)cc1. The van der Waals surface area contributed by atoms with Gasteiger partial charge in [-0.15, -0.1) is 0 Å². The number of imidazole rings is 1. The van der Waals surface area contributed by atoms with E-state index >= 15 is 0 Å². The Bertz CT molecular complexity index is 1560. The van der Waals surface area contributed by atoms with Crippen LogP contribution in [0.1, 0.15) is 6.23 Å². The van der Waals surface area contributed by atoms with Gasteiger partial charge in [-0.2, -0.15) is 5.10 Å². The predicted molar refractivity (Wildman–Crippen MR) is 135 cm³/mol. The van der Waals surface area contributed by atoms with Crippen molar-refractivity contribution < 1.29 is 24.8 Å². The summed E-state index contributed by atoms with van der Waals surface area (Å²) >= 11 is 0. The van der Waals surface area contributed by atoms with Crippen LogP contribution in [0.4, 0.5) is 11.6 Å². The molecule has 1 fully saturated rings. The number of aromatic nitrogens is 7. The lowest BCUT2D eigenvalue weighted by atomic mass is 10.1. The van der Waals surface area contributed by atoms with Gasteiger partial charge in [-0.3, -0.25) is 9.67 Å². The molecule has 0 saturated carbocycles. The number of benzene rings is 1. The number of pyridine rings is 1. The van der Waals surface area contributed by atoms with Crippen LogP contribution in [0, 0.1) is 0 Å². The maximum Gasteiger partial charge on any atom is 0.184 e. The highest BCUT2D eigenvalue weighted by Crippen LogP contribution is 2.35. The second-order valence-corrected chi connectivity index (χ2v) is 8.66. The molecule has 1 aromatic carbocycles. The number of fused-ring (bicyclic) bond motifs is 1. The average molecular weight is 517 g/mol. The number of hydrogen-bond donors (Lipinski definition) is 5. The Hall–Kier alpha value is -4.43. The molecule has 4 atom stereocenters. The summed E-state index contributed by atoms with van der Waals surface area (Å²) in [4.78, 5) is 18.2. The third kappa shape index (κ3) is 4.13. The Labute approximate surface area is 215 Å². The third-order valence-corrected chi connectivity index (χ3v) is 6.38. The van der Waals surface area contributed by atoms with Gasteiger partial charge in [0.2, 0.25) is 0 Å². The van der Waals surface area contributed by atoms with Crippen LogP contribution in [-0.4, -0.2) is 82.0 Å². The van der Waals surface area contributed by atoms with Crippen molar-refractivity contribution in [3.63, 3.8) is 0 Å². The first-order valence-corrected chi connectivity index (χ1v) is 11.8. The van der Waals surface area contributed by atoms with Gasteiger partial charge in [-0.1, -0.05) is 18.2 Å². The van der Waals surface area contributed by atoms with E-state index in [1.165, 1.54) is 10.9 Å². The minimum Gasteiger partial charge on any atom is -0.497 e. The number of ether oxygens (including phenoxy) is 2. The summed E-state index contributed by atoms with van der Waals surface area (Å²) in [6.45, 7) is -0.452. The zero-order valence-electron chi connectivity index (χ0n) is 20.1. The number of anilines is 2. The molecule has 5 heterocycles. The molecule has 4 aromatic heterocycles. The monoisotopic (exact) mass is 516 g/mol. The predicted octanol–water partition coefficient (Wildman–Crippen LogP) is 1.64. The number of rotatable bonds is 7. The van der Waals surface area contributed by atoms with E-state index in [4.69, 9.17) is 19.4 Å². The second-order valence-electron chi connectivity index (χ2n) is 8.66. The molecule has 5 N–H and O–H groups in total. The van der Waals surface area contributed by atoms with E-state index in [1.54, 1.807) is 31.6 Å². The molecular weight excluding hydrogens is 492 g/mol. The quantitative estimate of drug-likeness (QED) is 0.212. The number of methoxy groups -OCH3 is 1. The molecule has 38 heavy (non-hydrogen) atoms. The third-order valence-electron chi connectivity index (χ3n) is 6.38. The van der Waals surface area contributed by atoms with Gasteiger partial charge in [0.1, 0.15) is 35.6 Å².